The number of esters is 1. The van der Waals surface area contributed by atoms with Crippen LogP contribution in [0.4, 0.5) is 5.69 Å². The molecule has 160 valence electrons. The smallest absolute Gasteiger partial charge is 0.338 e. The SMILES string of the molecule is CCOC(=O)c1ccc(NC(=O)c2cc(S(=O)(=O)N3CCCC3)ccc2OC)cc1. The maximum absolute atomic E-state index is 12.8. The minimum absolute atomic E-state index is 0.0491. The van der Waals surface area contributed by atoms with E-state index in [2.05, 4.69) is 5.32 Å². The molecule has 1 aliphatic heterocycles. The number of benzene rings is 2. The highest BCUT2D eigenvalue weighted by Crippen LogP contribution is 2.27. The summed E-state index contributed by atoms with van der Waals surface area (Å²) >= 11 is 0. The second-order valence-electron chi connectivity index (χ2n) is 6.73. The minimum Gasteiger partial charge on any atom is -0.496 e. The van der Waals surface area contributed by atoms with Crippen molar-refractivity contribution in [2.75, 3.05) is 32.1 Å². The van der Waals surface area contributed by atoms with Crippen molar-refractivity contribution in [3.05, 3.63) is 53.6 Å². The summed E-state index contributed by atoms with van der Waals surface area (Å²) in [5.41, 5.74) is 0.918. The molecule has 0 atom stereocenters. The molecule has 0 aromatic heterocycles. The molecule has 0 saturated carbocycles. The Morgan fingerprint density at radius 3 is 2.33 bits per heavy atom. The Balaban J connectivity index is 1.83. The van der Waals surface area contributed by atoms with Gasteiger partial charge in [0, 0.05) is 18.8 Å². The zero-order chi connectivity index (χ0) is 21.7. The summed E-state index contributed by atoms with van der Waals surface area (Å²) in [4.78, 5) is 24.6. The number of carbonyl (C=O) groups excluding carboxylic acids is 2. The summed E-state index contributed by atoms with van der Waals surface area (Å²) in [6.45, 7) is 2.94. The fourth-order valence-corrected chi connectivity index (χ4v) is 4.75. The molecule has 0 spiro atoms. The number of anilines is 1. The van der Waals surface area contributed by atoms with Gasteiger partial charge in [0.1, 0.15) is 5.75 Å². The number of nitrogens with zero attached hydrogens (tertiary/aromatic N) is 1. The van der Waals surface area contributed by atoms with E-state index in [1.165, 1.54) is 29.6 Å². The Morgan fingerprint density at radius 2 is 1.73 bits per heavy atom. The van der Waals surface area contributed by atoms with Crippen molar-refractivity contribution < 1.29 is 27.5 Å². The normalized spacial score (nSPS) is 14.3. The summed E-state index contributed by atoms with van der Waals surface area (Å²) in [5, 5.41) is 2.70. The summed E-state index contributed by atoms with van der Waals surface area (Å²) in [5.74, 6) is -0.706. The lowest BCUT2D eigenvalue weighted by molar-refractivity contribution is 0.0526. The summed E-state index contributed by atoms with van der Waals surface area (Å²) < 4.78 is 37.3. The first-order valence-corrected chi connectivity index (χ1v) is 11.1. The van der Waals surface area contributed by atoms with E-state index in [0.717, 1.165) is 12.8 Å². The van der Waals surface area contributed by atoms with Gasteiger partial charge in [-0.25, -0.2) is 13.2 Å². The van der Waals surface area contributed by atoms with E-state index in [-0.39, 0.29) is 22.8 Å². The van der Waals surface area contributed by atoms with Crippen molar-refractivity contribution in [3.8, 4) is 5.75 Å². The van der Waals surface area contributed by atoms with Crippen molar-refractivity contribution >= 4 is 27.6 Å². The largest absolute Gasteiger partial charge is 0.496 e. The quantitative estimate of drug-likeness (QED) is 0.675. The highest BCUT2D eigenvalue weighted by molar-refractivity contribution is 7.89. The first kappa shape index (κ1) is 21.8. The zero-order valence-corrected chi connectivity index (χ0v) is 17.7. The van der Waals surface area contributed by atoms with Gasteiger partial charge in [-0.1, -0.05) is 0 Å². The van der Waals surface area contributed by atoms with Crippen LogP contribution in [0.2, 0.25) is 0 Å². The van der Waals surface area contributed by atoms with Crippen LogP contribution in [0.1, 0.15) is 40.5 Å². The molecule has 0 aliphatic carbocycles. The summed E-state index contributed by atoms with van der Waals surface area (Å²) in [6, 6.07) is 10.5. The van der Waals surface area contributed by atoms with Gasteiger partial charge in [0.2, 0.25) is 10.0 Å². The van der Waals surface area contributed by atoms with Gasteiger partial charge in [-0.2, -0.15) is 4.31 Å². The van der Waals surface area contributed by atoms with Crippen LogP contribution in [0.25, 0.3) is 0 Å². The lowest BCUT2D eigenvalue weighted by atomic mass is 10.1. The predicted octanol–water partition coefficient (Wildman–Crippen LogP) is 2.91. The van der Waals surface area contributed by atoms with E-state index in [1.807, 2.05) is 0 Å². The third-order valence-electron chi connectivity index (χ3n) is 4.77. The number of carbonyl (C=O) groups is 2. The number of ether oxygens (including phenoxy) is 2. The lowest BCUT2D eigenvalue weighted by Crippen LogP contribution is -2.28. The van der Waals surface area contributed by atoms with Gasteiger partial charge in [0.15, 0.2) is 0 Å². The standard InChI is InChI=1S/C21H24N2O6S/c1-3-29-21(25)15-6-8-16(9-7-15)22-20(24)18-14-17(10-11-19(18)28-2)30(26,27)23-12-4-5-13-23/h6-11,14H,3-5,12-13H2,1-2H3,(H,22,24). The van der Waals surface area contributed by atoms with E-state index in [9.17, 15) is 18.0 Å². The molecule has 0 radical (unpaired) electrons. The Kier molecular flexibility index (Phi) is 6.73. The Morgan fingerprint density at radius 1 is 1.07 bits per heavy atom. The first-order valence-electron chi connectivity index (χ1n) is 9.63. The first-order chi connectivity index (χ1) is 14.4. The fourth-order valence-electron chi connectivity index (χ4n) is 3.21. The Labute approximate surface area is 175 Å². The molecule has 8 nitrogen and oxygen atoms in total. The average Bonchev–Trinajstić information content (AvgIpc) is 3.30. The molecule has 0 bridgehead atoms. The van der Waals surface area contributed by atoms with Crippen LogP contribution in [-0.4, -0.2) is 51.4 Å². The van der Waals surface area contributed by atoms with Crippen LogP contribution in [0.15, 0.2) is 47.4 Å². The lowest BCUT2D eigenvalue weighted by Gasteiger charge is -2.17. The zero-order valence-electron chi connectivity index (χ0n) is 16.9. The molecule has 3 rings (SSSR count). The van der Waals surface area contributed by atoms with Crippen LogP contribution in [0, 0.1) is 0 Å². The number of nitrogens with one attached hydrogen (secondary N) is 1. The molecule has 1 fully saturated rings. The molecule has 9 heteroatoms. The highest BCUT2D eigenvalue weighted by Gasteiger charge is 2.28. The van der Waals surface area contributed by atoms with Gasteiger partial charge in [-0.05, 0) is 62.2 Å². The van der Waals surface area contributed by atoms with Crippen LogP contribution < -0.4 is 10.1 Å². The molecule has 1 heterocycles. The molecule has 2 aromatic carbocycles. The predicted molar refractivity (Wildman–Crippen MR) is 111 cm³/mol. The molecule has 2 aromatic rings. The number of hydrogen-bond acceptors (Lipinski definition) is 6. The van der Waals surface area contributed by atoms with Crippen molar-refractivity contribution in [3.63, 3.8) is 0 Å². The molecule has 1 aliphatic rings. The second-order valence-corrected chi connectivity index (χ2v) is 8.66. The van der Waals surface area contributed by atoms with E-state index in [0.29, 0.717) is 24.3 Å². The van der Waals surface area contributed by atoms with Crippen molar-refractivity contribution in [1.82, 2.24) is 4.31 Å². The highest BCUT2D eigenvalue weighted by atomic mass is 32.2. The molecule has 30 heavy (non-hydrogen) atoms. The molecule has 1 amide bonds. The number of sulfonamides is 1. The monoisotopic (exact) mass is 432 g/mol. The number of rotatable bonds is 7. The second kappa shape index (κ2) is 9.27. The maximum Gasteiger partial charge on any atom is 0.338 e. The van der Waals surface area contributed by atoms with Gasteiger partial charge >= 0.3 is 5.97 Å². The van der Waals surface area contributed by atoms with Crippen molar-refractivity contribution in [2.24, 2.45) is 0 Å². The molecular formula is C21H24N2O6S. The van der Waals surface area contributed by atoms with Gasteiger partial charge in [-0.3, -0.25) is 4.79 Å². The molecule has 1 saturated heterocycles. The number of hydrogen-bond donors (Lipinski definition) is 1. The van der Waals surface area contributed by atoms with Crippen LogP contribution >= 0.6 is 0 Å². The van der Waals surface area contributed by atoms with Gasteiger partial charge in [-0.15, -0.1) is 0 Å². The number of methoxy groups -OCH3 is 1. The van der Waals surface area contributed by atoms with E-state index in [4.69, 9.17) is 9.47 Å². The minimum atomic E-state index is -3.67. The Bertz CT molecular complexity index is 1030. The van der Waals surface area contributed by atoms with Crippen molar-refractivity contribution in [1.29, 1.82) is 0 Å². The van der Waals surface area contributed by atoms with E-state index in [1.54, 1.807) is 31.2 Å². The maximum atomic E-state index is 12.8. The number of amides is 1. The third kappa shape index (κ3) is 4.63. The van der Waals surface area contributed by atoms with Crippen LogP contribution in [-0.2, 0) is 14.8 Å². The van der Waals surface area contributed by atoms with E-state index >= 15 is 0 Å². The van der Waals surface area contributed by atoms with Crippen molar-refractivity contribution in [2.45, 2.75) is 24.7 Å². The van der Waals surface area contributed by atoms with Gasteiger partial charge in [0.05, 0.1) is 29.7 Å². The fraction of sp³-hybridized carbons (Fsp3) is 0.333. The average molecular weight is 432 g/mol. The Hall–Kier alpha value is -2.91. The van der Waals surface area contributed by atoms with Gasteiger partial charge in [0.25, 0.3) is 5.91 Å². The van der Waals surface area contributed by atoms with E-state index < -0.39 is 21.9 Å². The summed E-state index contributed by atoms with van der Waals surface area (Å²) in [6.07, 6.45) is 1.65. The van der Waals surface area contributed by atoms with Gasteiger partial charge < -0.3 is 14.8 Å². The van der Waals surface area contributed by atoms with Crippen LogP contribution in [0.3, 0.4) is 0 Å². The molecular weight excluding hydrogens is 408 g/mol. The topological polar surface area (TPSA) is 102 Å². The third-order valence-corrected chi connectivity index (χ3v) is 6.67. The summed E-state index contributed by atoms with van der Waals surface area (Å²) in [7, 11) is -2.26. The molecule has 0 unspecified atom stereocenters. The molecule has 1 N–H and O–H groups in total. The van der Waals surface area contributed by atoms with Crippen LogP contribution in [0.5, 0.6) is 5.75 Å².